The van der Waals surface area contributed by atoms with Crippen molar-refractivity contribution in [2.45, 2.75) is 51.5 Å². The standard InChI is InChI=1S/C17H22N2O2/c1-12-6-8-13(9-7-12)17-18-14-4-2-3-5-15(14)19(17)11-10-16(20)21/h2-5,12-13H,6-11H2,1H3,(H,20,21). The highest BCUT2D eigenvalue weighted by atomic mass is 16.4. The molecule has 1 aliphatic rings. The van der Waals surface area contributed by atoms with E-state index < -0.39 is 5.97 Å². The molecule has 0 bridgehead atoms. The number of fused-ring (bicyclic) bond motifs is 1. The van der Waals surface area contributed by atoms with Crippen LogP contribution in [0.2, 0.25) is 0 Å². The number of benzene rings is 1. The van der Waals surface area contributed by atoms with Gasteiger partial charge in [0, 0.05) is 12.5 Å². The molecule has 0 atom stereocenters. The lowest BCUT2D eigenvalue weighted by atomic mass is 9.82. The molecule has 112 valence electrons. The molecule has 0 aliphatic heterocycles. The summed E-state index contributed by atoms with van der Waals surface area (Å²) in [6.07, 6.45) is 4.96. The van der Waals surface area contributed by atoms with Crippen LogP contribution in [0.25, 0.3) is 11.0 Å². The number of hydrogen-bond acceptors (Lipinski definition) is 2. The van der Waals surface area contributed by atoms with Crippen molar-refractivity contribution in [3.05, 3.63) is 30.1 Å². The zero-order valence-corrected chi connectivity index (χ0v) is 12.5. The predicted octanol–water partition coefficient (Wildman–Crippen LogP) is 3.80. The molecule has 1 heterocycles. The second-order valence-electron chi connectivity index (χ2n) is 6.21. The first-order valence-corrected chi connectivity index (χ1v) is 7.82. The summed E-state index contributed by atoms with van der Waals surface area (Å²) in [5, 5.41) is 8.99. The third-order valence-corrected chi connectivity index (χ3v) is 4.61. The Labute approximate surface area is 124 Å². The van der Waals surface area contributed by atoms with Crippen molar-refractivity contribution in [2.75, 3.05) is 0 Å². The van der Waals surface area contributed by atoms with Gasteiger partial charge in [-0.2, -0.15) is 0 Å². The Hall–Kier alpha value is -1.84. The van der Waals surface area contributed by atoms with Crippen molar-refractivity contribution < 1.29 is 9.90 Å². The molecule has 1 aromatic carbocycles. The zero-order chi connectivity index (χ0) is 14.8. The van der Waals surface area contributed by atoms with E-state index in [-0.39, 0.29) is 6.42 Å². The van der Waals surface area contributed by atoms with E-state index >= 15 is 0 Å². The van der Waals surface area contributed by atoms with Crippen LogP contribution in [0.4, 0.5) is 0 Å². The van der Waals surface area contributed by atoms with Crippen LogP contribution in [-0.4, -0.2) is 20.6 Å². The van der Waals surface area contributed by atoms with Gasteiger partial charge < -0.3 is 9.67 Å². The lowest BCUT2D eigenvalue weighted by Gasteiger charge is -2.26. The molecule has 0 radical (unpaired) electrons. The first-order chi connectivity index (χ1) is 10.1. The fourth-order valence-electron chi connectivity index (χ4n) is 3.37. The van der Waals surface area contributed by atoms with Crippen LogP contribution in [-0.2, 0) is 11.3 Å². The Bertz CT molecular complexity index is 639. The van der Waals surface area contributed by atoms with E-state index in [2.05, 4.69) is 11.5 Å². The molecule has 4 nitrogen and oxygen atoms in total. The predicted molar refractivity (Wildman–Crippen MR) is 82.4 cm³/mol. The summed E-state index contributed by atoms with van der Waals surface area (Å²) in [4.78, 5) is 15.7. The minimum atomic E-state index is -0.754. The fourth-order valence-corrected chi connectivity index (χ4v) is 3.37. The SMILES string of the molecule is CC1CCC(c2nc3ccccc3n2CCC(=O)O)CC1. The van der Waals surface area contributed by atoms with Gasteiger partial charge in [0.2, 0.25) is 0 Å². The Morgan fingerprint density at radius 1 is 1.29 bits per heavy atom. The number of aryl methyl sites for hydroxylation is 1. The van der Waals surface area contributed by atoms with Crippen molar-refractivity contribution in [1.82, 2.24) is 9.55 Å². The summed E-state index contributed by atoms with van der Waals surface area (Å²) in [6.45, 7) is 2.82. The molecular formula is C17H22N2O2. The number of imidazole rings is 1. The molecule has 0 amide bonds. The van der Waals surface area contributed by atoms with Crippen LogP contribution in [0.5, 0.6) is 0 Å². The summed E-state index contributed by atoms with van der Waals surface area (Å²) < 4.78 is 2.13. The van der Waals surface area contributed by atoms with Gasteiger partial charge in [-0.3, -0.25) is 4.79 Å². The van der Waals surface area contributed by atoms with Crippen LogP contribution in [0, 0.1) is 5.92 Å². The quantitative estimate of drug-likeness (QED) is 0.930. The lowest BCUT2D eigenvalue weighted by molar-refractivity contribution is -0.137. The molecule has 0 spiro atoms. The minimum Gasteiger partial charge on any atom is -0.481 e. The number of carbonyl (C=O) groups is 1. The Morgan fingerprint density at radius 3 is 2.71 bits per heavy atom. The summed E-state index contributed by atoms with van der Waals surface area (Å²) >= 11 is 0. The first kappa shape index (κ1) is 14.1. The number of para-hydroxylation sites is 2. The van der Waals surface area contributed by atoms with E-state index in [1.165, 1.54) is 12.8 Å². The second kappa shape index (κ2) is 5.88. The maximum atomic E-state index is 10.9. The Morgan fingerprint density at radius 2 is 2.00 bits per heavy atom. The normalized spacial score (nSPS) is 22.5. The van der Waals surface area contributed by atoms with Gasteiger partial charge in [-0.1, -0.05) is 31.9 Å². The number of nitrogens with zero attached hydrogens (tertiary/aromatic N) is 2. The molecule has 21 heavy (non-hydrogen) atoms. The number of aromatic nitrogens is 2. The van der Waals surface area contributed by atoms with Crippen molar-refractivity contribution in [1.29, 1.82) is 0 Å². The molecule has 1 N–H and O–H groups in total. The molecule has 1 aromatic heterocycles. The van der Waals surface area contributed by atoms with E-state index in [0.29, 0.717) is 12.5 Å². The maximum absolute atomic E-state index is 10.9. The molecule has 3 rings (SSSR count). The van der Waals surface area contributed by atoms with Gasteiger partial charge in [-0.15, -0.1) is 0 Å². The van der Waals surface area contributed by atoms with Gasteiger partial charge >= 0.3 is 5.97 Å². The highest BCUT2D eigenvalue weighted by Gasteiger charge is 2.25. The molecule has 2 aromatic rings. The van der Waals surface area contributed by atoms with E-state index in [4.69, 9.17) is 10.1 Å². The average Bonchev–Trinajstić information content (AvgIpc) is 2.84. The zero-order valence-electron chi connectivity index (χ0n) is 12.5. The fraction of sp³-hybridized carbons (Fsp3) is 0.529. The largest absolute Gasteiger partial charge is 0.481 e. The van der Waals surface area contributed by atoms with Gasteiger partial charge in [0.15, 0.2) is 0 Å². The Balaban J connectivity index is 1.95. The molecule has 1 saturated carbocycles. The van der Waals surface area contributed by atoms with Crippen molar-refractivity contribution >= 4 is 17.0 Å². The van der Waals surface area contributed by atoms with Gasteiger partial charge in [0.25, 0.3) is 0 Å². The van der Waals surface area contributed by atoms with Crippen LogP contribution in [0.15, 0.2) is 24.3 Å². The highest BCUT2D eigenvalue weighted by molar-refractivity contribution is 5.76. The van der Waals surface area contributed by atoms with Gasteiger partial charge in [0.05, 0.1) is 17.5 Å². The number of aliphatic carboxylic acids is 1. The number of hydrogen-bond donors (Lipinski definition) is 1. The van der Waals surface area contributed by atoms with Crippen LogP contribution in [0.3, 0.4) is 0 Å². The van der Waals surface area contributed by atoms with Crippen LogP contribution >= 0.6 is 0 Å². The minimum absolute atomic E-state index is 0.149. The third-order valence-electron chi connectivity index (χ3n) is 4.61. The van der Waals surface area contributed by atoms with Gasteiger partial charge in [-0.25, -0.2) is 4.98 Å². The van der Waals surface area contributed by atoms with Crippen molar-refractivity contribution in [3.8, 4) is 0 Å². The first-order valence-electron chi connectivity index (χ1n) is 7.82. The molecule has 0 unspecified atom stereocenters. The summed E-state index contributed by atoms with van der Waals surface area (Å²) in [5.74, 6) is 1.61. The summed E-state index contributed by atoms with van der Waals surface area (Å²) in [5.41, 5.74) is 2.05. The van der Waals surface area contributed by atoms with E-state index in [1.54, 1.807) is 0 Å². The highest BCUT2D eigenvalue weighted by Crippen LogP contribution is 2.36. The molecule has 4 heteroatoms. The number of carboxylic acids is 1. The second-order valence-corrected chi connectivity index (χ2v) is 6.21. The topological polar surface area (TPSA) is 55.1 Å². The third kappa shape index (κ3) is 2.94. The Kier molecular flexibility index (Phi) is 3.95. The maximum Gasteiger partial charge on any atom is 0.305 e. The van der Waals surface area contributed by atoms with Gasteiger partial charge in [-0.05, 0) is 30.9 Å². The number of rotatable bonds is 4. The smallest absolute Gasteiger partial charge is 0.305 e. The van der Waals surface area contributed by atoms with Crippen LogP contribution in [0.1, 0.15) is 50.8 Å². The molecular weight excluding hydrogens is 264 g/mol. The van der Waals surface area contributed by atoms with E-state index in [1.807, 2.05) is 24.3 Å². The summed E-state index contributed by atoms with van der Waals surface area (Å²) in [6, 6.07) is 8.04. The molecule has 0 saturated heterocycles. The average molecular weight is 286 g/mol. The molecule has 1 aliphatic carbocycles. The van der Waals surface area contributed by atoms with Crippen molar-refractivity contribution in [3.63, 3.8) is 0 Å². The number of carboxylic acid groups (broad SMARTS) is 1. The van der Waals surface area contributed by atoms with E-state index in [0.717, 1.165) is 35.6 Å². The van der Waals surface area contributed by atoms with Crippen molar-refractivity contribution in [2.24, 2.45) is 5.92 Å². The van der Waals surface area contributed by atoms with E-state index in [9.17, 15) is 4.79 Å². The van der Waals surface area contributed by atoms with Crippen LogP contribution < -0.4 is 0 Å². The monoisotopic (exact) mass is 286 g/mol. The van der Waals surface area contributed by atoms with Gasteiger partial charge in [0.1, 0.15) is 5.82 Å². The lowest BCUT2D eigenvalue weighted by Crippen LogP contribution is -2.16. The molecule has 1 fully saturated rings. The summed E-state index contributed by atoms with van der Waals surface area (Å²) in [7, 11) is 0.